The minimum atomic E-state index is -0.748. The Morgan fingerprint density at radius 2 is 1.79 bits per heavy atom. The van der Waals surface area contributed by atoms with E-state index in [0.717, 1.165) is 19.3 Å². The Morgan fingerprint density at radius 1 is 1.00 bits per heavy atom. The van der Waals surface area contributed by atoms with Gasteiger partial charge in [0, 0.05) is 19.4 Å². The Hall–Kier alpha value is -0.450. The standard InChI is InChI=1S/C10H14O4/c11-8-2-4-9(8)10(3-1-5-12-9)13-6-7-14-10/h1-7H2. The van der Waals surface area contributed by atoms with Crippen LogP contribution in [-0.2, 0) is 19.0 Å². The van der Waals surface area contributed by atoms with Crippen molar-refractivity contribution < 1.29 is 19.0 Å². The summed E-state index contributed by atoms with van der Waals surface area (Å²) in [4.78, 5) is 11.7. The van der Waals surface area contributed by atoms with Crippen molar-refractivity contribution in [2.75, 3.05) is 19.8 Å². The fraction of sp³-hybridized carbons (Fsp3) is 0.900. The van der Waals surface area contributed by atoms with Crippen LogP contribution in [0.4, 0.5) is 0 Å². The minimum absolute atomic E-state index is 0.152. The molecule has 4 nitrogen and oxygen atoms in total. The molecule has 0 aromatic carbocycles. The van der Waals surface area contributed by atoms with Crippen molar-refractivity contribution in [2.24, 2.45) is 0 Å². The van der Waals surface area contributed by atoms with Crippen molar-refractivity contribution in [1.82, 2.24) is 0 Å². The molecule has 2 heterocycles. The monoisotopic (exact) mass is 198 g/mol. The van der Waals surface area contributed by atoms with Crippen LogP contribution >= 0.6 is 0 Å². The Balaban J connectivity index is 1.96. The van der Waals surface area contributed by atoms with Gasteiger partial charge in [-0.3, -0.25) is 4.79 Å². The highest BCUT2D eigenvalue weighted by atomic mass is 16.8. The summed E-state index contributed by atoms with van der Waals surface area (Å²) in [5.74, 6) is -0.584. The number of Topliss-reactive ketones (excluding diaryl/α,β-unsaturated/α-hetero) is 1. The maximum atomic E-state index is 11.7. The van der Waals surface area contributed by atoms with Crippen LogP contribution in [-0.4, -0.2) is 37.0 Å². The summed E-state index contributed by atoms with van der Waals surface area (Å²) in [6.07, 6.45) is 3.06. The van der Waals surface area contributed by atoms with Gasteiger partial charge in [-0.15, -0.1) is 0 Å². The molecular weight excluding hydrogens is 184 g/mol. The number of hydrogen-bond acceptors (Lipinski definition) is 4. The lowest BCUT2D eigenvalue weighted by Crippen LogP contribution is -2.68. The summed E-state index contributed by atoms with van der Waals surface area (Å²) in [7, 11) is 0. The third-order valence-electron chi connectivity index (χ3n) is 3.52. The van der Waals surface area contributed by atoms with E-state index in [-0.39, 0.29) is 5.78 Å². The van der Waals surface area contributed by atoms with E-state index in [4.69, 9.17) is 14.2 Å². The van der Waals surface area contributed by atoms with Crippen LogP contribution in [0.25, 0.3) is 0 Å². The lowest BCUT2D eigenvalue weighted by molar-refractivity contribution is -0.309. The van der Waals surface area contributed by atoms with E-state index >= 15 is 0 Å². The van der Waals surface area contributed by atoms with Gasteiger partial charge in [0.1, 0.15) is 0 Å². The zero-order valence-corrected chi connectivity index (χ0v) is 8.08. The molecule has 3 fully saturated rings. The summed E-state index contributed by atoms with van der Waals surface area (Å²) in [5.41, 5.74) is -0.748. The molecule has 0 radical (unpaired) electrons. The molecule has 0 bridgehead atoms. The van der Waals surface area contributed by atoms with Crippen LogP contribution < -0.4 is 0 Å². The van der Waals surface area contributed by atoms with Crippen molar-refractivity contribution in [3.8, 4) is 0 Å². The van der Waals surface area contributed by atoms with Gasteiger partial charge in [0.2, 0.25) is 5.79 Å². The number of hydrogen-bond donors (Lipinski definition) is 0. The van der Waals surface area contributed by atoms with Gasteiger partial charge < -0.3 is 14.2 Å². The van der Waals surface area contributed by atoms with Crippen molar-refractivity contribution in [1.29, 1.82) is 0 Å². The maximum absolute atomic E-state index is 11.7. The van der Waals surface area contributed by atoms with Gasteiger partial charge in [-0.1, -0.05) is 0 Å². The molecule has 2 aliphatic heterocycles. The minimum Gasteiger partial charge on any atom is -0.361 e. The molecule has 3 aliphatic rings. The molecule has 1 saturated carbocycles. The highest BCUT2D eigenvalue weighted by molar-refractivity contribution is 5.94. The second kappa shape index (κ2) is 2.78. The quantitative estimate of drug-likeness (QED) is 0.573. The molecule has 1 unspecified atom stereocenters. The molecule has 2 spiro atoms. The molecule has 14 heavy (non-hydrogen) atoms. The average Bonchev–Trinajstić information content (AvgIpc) is 2.66. The molecule has 0 aromatic heterocycles. The highest BCUT2D eigenvalue weighted by Crippen LogP contribution is 2.50. The molecule has 2 saturated heterocycles. The molecular formula is C10H14O4. The van der Waals surface area contributed by atoms with Crippen LogP contribution in [0.1, 0.15) is 25.7 Å². The first-order chi connectivity index (χ1) is 6.79. The van der Waals surface area contributed by atoms with Crippen LogP contribution in [0.2, 0.25) is 0 Å². The largest absolute Gasteiger partial charge is 0.361 e. The average molecular weight is 198 g/mol. The fourth-order valence-corrected chi connectivity index (χ4v) is 2.71. The van der Waals surface area contributed by atoms with Crippen molar-refractivity contribution in [3.63, 3.8) is 0 Å². The molecule has 1 aliphatic carbocycles. The van der Waals surface area contributed by atoms with Crippen molar-refractivity contribution in [2.45, 2.75) is 37.1 Å². The number of rotatable bonds is 0. The topological polar surface area (TPSA) is 44.8 Å². The molecule has 0 amide bonds. The number of ether oxygens (including phenoxy) is 3. The number of ketones is 1. The first-order valence-electron chi connectivity index (χ1n) is 5.24. The highest BCUT2D eigenvalue weighted by Gasteiger charge is 2.66. The van der Waals surface area contributed by atoms with E-state index in [1.165, 1.54) is 0 Å². The van der Waals surface area contributed by atoms with Crippen LogP contribution in [0.15, 0.2) is 0 Å². The van der Waals surface area contributed by atoms with Gasteiger partial charge >= 0.3 is 0 Å². The Labute approximate surface area is 82.5 Å². The van der Waals surface area contributed by atoms with Crippen molar-refractivity contribution >= 4 is 5.78 Å². The Bertz CT molecular complexity index is 269. The lowest BCUT2D eigenvalue weighted by Gasteiger charge is -2.52. The van der Waals surface area contributed by atoms with Gasteiger partial charge in [-0.05, 0) is 12.8 Å². The summed E-state index contributed by atoms with van der Waals surface area (Å²) < 4.78 is 16.9. The normalized spacial score (nSPS) is 40.4. The predicted molar refractivity (Wildman–Crippen MR) is 46.8 cm³/mol. The first-order valence-corrected chi connectivity index (χ1v) is 5.24. The van der Waals surface area contributed by atoms with Gasteiger partial charge in [0.25, 0.3) is 0 Å². The second-order valence-corrected chi connectivity index (χ2v) is 4.15. The van der Waals surface area contributed by atoms with Crippen LogP contribution in [0.5, 0.6) is 0 Å². The van der Waals surface area contributed by atoms with Gasteiger partial charge in [0.05, 0.1) is 13.2 Å². The van der Waals surface area contributed by atoms with E-state index in [2.05, 4.69) is 0 Å². The summed E-state index contributed by atoms with van der Waals surface area (Å²) in [5, 5.41) is 0. The third-order valence-corrected chi connectivity index (χ3v) is 3.52. The summed E-state index contributed by atoms with van der Waals surface area (Å²) in [6.45, 7) is 1.82. The predicted octanol–water partition coefficient (Wildman–Crippen LogP) is 0.642. The van der Waals surface area contributed by atoms with E-state index in [0.29, 0.717) is 26.2 Å². The summed E-state index contributed by atoms with van der Waals surface area (Å²) in [6, 6.07) is 0. The third kappa shape index (κ3) is 0.865. The van der Waals surface area contributed by atoms with E-state index in [1.807, 2.05) is 0 Å². The molecule has 0 N–H and O–H groups in total. The van der Waals surface area contributed by atoms with Gasteiger partial charge in [0.15, 0.2) is 11.4 Å². The van der Waals surface area contributed by atoms with Gasteiger partial charge in [-0.2, -0.15) is 0 Å². The molecule has 78 valence electrons. The lowest BCUT2D eigenvalue weighted by atomic mass is 9.69. The zero-order chi connectivity index (χ0) is 9.65. The zero-order valence-electron chi connectivity index (χ0n) is 8.08. The van der Waals surface area contributed by atoms with Crippen LogP contribution in [0.3, 0.4) is 0 Å². The SMILES string of the molecule is O=C1CCC12OCCCC21OCCO1. The molecule has 1 atom stereocenters. The van der Waals surface area contributed by atoms with E-state index in [9.17, 15) is 4.79 Å². The number of fused-ring (bicyclic) bond motifs is 1. The second-order valence-electron chi connectivity index (χ2n) is 4.15. The number of carbonyl (C=O) groups is 1. The molecule has 0 aromatic rings. The fourth-order valence-electron chi connectivity index (χ4n) is 2.71. The summed E-state index contributed by atoms with van der Waals surface area (Å²) >= 11 is 0. The first kappa shape index (κ1) is 8.83. The Morgan fingerprint density at radius 3 is 2.36 bits per heavy atom. The maximum Gasteiger partial charge on any atom is 0.205 e. The molecule has 4 heteroatoms. The smallest absolute Gasteiger partial charge is 0.205 e. The Kier molecular flexibility index (Phi) is 1.75. The van der Waals surface area contributed by atoms with E-state index in [1.54, 1.807) is 0 Å². The van der Waals surface area contributed by atoms with E-state index < -0.39 is 11.4 Å². The number of carbonyl (C=O) groups excluding carboxylic acids is 1. The molecule has 3 rings (SSSR count). The van der Waals surface area contributed by atoms with Crippen LogP contribution in [0, 0.1) is 0 Å². The van der Waals surface area contributed by atoms with Gasteiger partial charge in [-0.25, -0.2) is 0 Å². The van der Waals surface area contributed by atoms with Crippen molar-refractivity contribution in [3.05, 3.63) is 0 Å².